The number of hydrogen-bond donors (Lipinski definition) is 1. The van der Waals surface area contributed by atoms with Crippen molar-refractivity contribution in [2.24, 2.45) is 0 Å². The first-order valence-corrected chi connectivity index (χ1v) is 8.89. The Kier molecular flexibility index (Phi) is 4.31. The van der Waals surface area contributed by atoms with Crippen molar-refractivity contribution in [3.8, 4) is 0 Å². The molecule has 1 heterocycles. The van der Waals surface area contributed by atoms with Crippen LogP contribution in [0, 0.1) is 6.92 Å². The molecule has 1 atom stereocenters. The largest absolute Gasteiger partial charge is 0.325 e. The van der Waals surface area contributed by atoms with Crippen molar-refractivity contribution >= 4 is 34.7 Å². The number of rotatable bonds is 4. The van der Waals surface area contributed by atoms with Crippen LogP contribution in [0.15, 0.2) is 27.9 Å². The third-order valence-corrected chi connectivity index (χ3v) is 5.80. The van der Waals surface area contributed by atoms with Crippen molar-refractivity contribution < 1.29 is 4.79 Å². The maximum atomic E-state index is 12.3. The summed E-state index contributed by atoms with van der Waals surface area (Å²) in [5.74, 6) is 0.0331. The van der Waals surface area contributed by atoms with E-state index in [1.165, 1.54) is 35.7 Å². The molecule has 1 aromatic heterocycles. The summed E-state index contributed by atoms with van der Waals surface area (Å²) in [6.45, 7) is 3.89. The molecule has 3 rings (SSSR count). The smallest absolute Gasteiger partial charge is 0.237 e. The van der Waals surface area contributed by atoms with Crippen LogP contribution in [-0.2, 0) is 17.6 Å². The Bertz CT molecular complexity index is 666. The van der Waals surface area contributed by atoms with Crippen LogP contribution >= 0.6 is 23.1 Å². The van der Waals surface area contributed by atoms with Gasteiger partial charge in [-0.1, -0.05) is 17.8 Å². The van der Waals surface area contributed by atoms with Crippen molar-refractivity contribution in [1.82, 2.24) is 4.98 Å². The van der Waals surface area contributed by atoms with E-state index in [9.17, 15) is 4.79 Å². The highest BCUT2D eigenvalue weighted by atomic mass is 32.2. The predicted molar refractivity (Wildman–Crippen MR) is 89.3 cm³/mol. The summed E-state index contributed by atoms with van der Waals surface area (Å²) in [6.07, 6.45) is 3.52. The molecular formula is C16H18N2OS2. The number of thioether (sulfide) groups is 1. The van der Waals surface area contributed by atoms with Crippen LogP contribution in [0.3, 0.4) is 0 Å². The van der Waals surface area contributed by atoms with Crippen molar-refractivity contribution in [3.05, 3.63) is 40.4 Å². The Morgan fingerprint density at radius 2 is 2.19 bits per heavy atom. The van der Waals surface area contributed by atoms with E-state index in [1.807, 2.05) is 25.3 Å². The summed E-state index contributed by atoms with van der Waals surface area (Å²) in [5, 5.41) is 4.87. The predicted octanol–water partition coefficient (Wildman–Crippen LogP) is 4.06. The van der Waals surface area contributed by atoms with Gasteiger partial charge in [0.15, 0.2) is 4.34 Å². The molecule has 0 saturated carbocycles. The number of aromatic nitrogens is 1. The zero-order valence-corrected chi connectivity index (χ0v) is 13.8. The summed E-state index contributed by atoms with van der Waals surface area (Å²) < 4.78 is 0.948. The number of hydrogen-bond acceptors (Lipinski definition) is 4. The molecular weight excluding hydrogens is 300 g/mol. The van der Waals surface area contributed by atoms with Gasteiger partial charge in [-0.2, -0.15) is 0 Å². The lowest BCUT2D eigenvalue weighted by Crippen LogP contribution is -2.22. The first kappa shape index (κ1) is 14.6. The monoisotopic (exact) mass is 318 g/mol. The third-order valence-electron chi connectivity index (χ3n) is 3.61. The zero-order chi connectivity index (χ0) is 14.8. The van der Waals surface area contributed by atoms with E-state index in [0.717, 1.165) is 22.1 Å². The van der Waals surface area contributed by atoms with E-state index in [2.05, 4.69) is 22.4 Å². The molecule has 1 aliphatic rings. The van der Waals surface area contributed by atoms with Crippen LogP contribution in [0.25, 0.3) is 0 Å². The normalized spacial score (nSPS) is 14.8. The molecule has 0 spiro atoms. The molecule has 1 aliphatic carbocycles. The first-order valence-electron chi connectivity index (χ1n) is 7.13. The highest BCUT2D eigenvalue weighted by Gasteiger charge is 2.17. The van der Waals surface area contributed by atoms with Gasteiger partial charge in [-0.25, -0.2) is 4.98 Å². The molecule has 0 bridgehead atoms. The van der Waals surface area contributed by atoms with Crippen molar-refractivity contribution in [2.45, 2.75) is 42.7 Å². The molecule has 1 N–H and O–H groups in total. The van der Waals surface area contributed by atoms with Crippen LogP contribution in [0.2, 0.25) is 0 Å². The van der Waals surface area contributed by atoms with E-state index in [0.29, 0.717) is 0 Å². The number of aryl methyl sites for hydroxylation is 3. The standard InChI is InChI=1S/C16H18N2OS2/c1-10-9-20-16(17-10)21-11(2)15(19)18-14-7-6-12-4-3-5-13(12)8-14/h6-9,11H,3-5H2,1-2H3,(H,18,19)/t11-/m0/s1. The fourth-order valence-electron chi connectivity index (χ4n) is 2.48. The van der Waals surface area contributed by atoms with Gasteiger partial charge in [-0.05, 0) is 56.4 Å². The van der Waals surface area contributed by atoms with E-state index < -0.39 is 0 Å². The van der Waals surface area contributed by atoms with Crippen molar-refractivity contribution in [1.29, 1.82) is 0 Å². The molecule has 3 nitrogen and oxygen atoms in total. The second-order valence-corrected chi connectivity index (χ2v) is 7.79. The van der Waals surface area contributed by atoms with E-state index in [4.69, 9.17) is 0 Å². The van der Waals surface area contributed by atoms with Gasteiger partial charge < -0.3 is 5.32 Å². The molecule has 110 valence electrons. The minimum atomic E-state index is -0.149. The summed E-state index contributed by atoms with van der Waals surface area (Å²) >= 11 is 3.10. The summed E-state index contributed by atoms with van der Waals surface area (Å²) in [6, 6.07) is 6.26. The number of benzene rings is 1. The van der Waals surface area contributed by atoms with Crippen molar-refractivity contribution in [2.75, 3.05) is 5.32 Å². The van der Waals surface area contributed by atoms with E-state index in [-0.39, 0.29) is 11.2 Å². The van der Waals surface area contributed by atoms with Crippen LogP contribution in [0.1, 0.15) is 30.2 Å². The molecule has 2 aromatic rings. The Labute approximate surface area is 133 Å². The van der Waals surface area contributed by atoms with Crippen LogP contribution in [0.5, 0.6) is 0 Å². The lowest BCUT2D eigenvalue weighted by Gasteiger charge is -2.11. The van der Waals surface area contributed by atoms with Gasteiger partial charge in [0, 0.05) is 16.8 Å². The average Bonchev–Trinajstić information content (AvgIpc) is 3.07. The molecule has 0 radical (unpaired) electrons. The van der Waals surface area contributed by atoms with Gasteiger partial charge >= 0.3 is 0 Å². The second-order valence-electron chi connectivity index (χ2n) is 5.34. The molecule has 1 amide bonds. The number of nitrogens with one attached hydrogen (secondary N) is 1. The second kappa shape index (κ2) is 6.20. The van der Waals surface area contributed by atoms with Gasteiger partial charge in [-0.15, -0.1) is 11.3 Å². The molecule has 0 unspecified atom stereocenters. The summed E-state index contributed by atoms with van der Waals surface area (Å²) in [4.78, 5) is 16.7. The number of nitrogens with zero attached hydrogens (tertiary/aromatic N) is 1. The minimum absolute atomic E-state index is 0.0331. The van der Waals surface area contributed by atoms with Gasteiger partial charge in [-0.3, -0.25) is 4.79 Å². The fourth-order valence-corrected chi connectivity index (χ4v) is 4.47. The maximum Gasteiger partial charge on any atom is 0.237 e. The lowest BCUT2D eigenvalue weighted by molar-refractivity contribution is -0.115. The van der Waals surface area contributed by atoms with Crippen LogP contribution in [0.4, 0.5) is 5.69 Å². The number of thiazole rings is 1. The highest BCUT2D eigenvalue weighted by Crippen LogP contribution is 2.28. The Hall–Kier alpha value is -1.33. The van der Waals surface area contributed by atoms with Gasteiger partial charge in [0.05, 0.1) is 5.25 Å². The minimum Gasteiger partial charge on any atom is -0.325 e. The topological polar surface area (TPSA) is 42.0 Å². The Morgan fingerprint density at radius 1 is 1.38 bits per heavy atom. The number of carbonyl (C=O) groups excluding carboxylic acids is 1. The SMILES string of the molecule is Cc1csc(S[C@@H](C)C(=O)Nc2ccc3c(c2)CCC3)n1. The van der Waals surface area contributed by atoms with Gasteiger partial charge in [0.1, 0.15) is 0 Å². The van der Waals surface area contributed by atoms with E-state index in [1.54, 1.807) is 11.3 Å². The van der Waals surface area contributed by atoms with Crippen LogP contribution < -0.4 is 5.32 Å². The molecule has 1 aromatic carbocycles. The Morgan fingerprint density at radius 3 is 2.95 bits per heavy atom. The third kappa shape index (κ3) is 3.47. The zero-order valence-electron chi connectivity index (χ0n) is 12.2. The lowest BCUT2D eigenvalue weighted by atomic mass is 10.1. The maximum absolute atomic E-state index is 12.3. The molecule has 5 heteroatoms. The number of anilines is 1. The van der Waals surface area contributed by atoms with Crippen LogP contribution in [-0.4, -0.2) is 16.1 Å². The summed E-state index contributed by atoms with van der Waals surface area (Å²) in [5.41, 5.74) is 4.72. The molecule has 0 saturated heterocycles. The quantitative estimate of drug-likeness (QED) is 0.864. The summed E-state index contributed by atoms with van der Waals surface area (Å²) in [7, 11) is 0. The average molecular weight is 318 g/mol. The number of amides is 1. The molecule has 0 fully saturated rings. The van der Waals surface area contributed by atoms with Gasteiger partial charge in [0.2, 0.25) is 5.91 Å². The van der Waals surface area contributed by atoms with E-state index >= 15 is 0 Å². The number of carbonyl (C=O) groups is 1. The molecule has 0 aliphatic heterocycles. The van der Waals surface area contributed by atoms with Crippen molar-refractivity contribution in [3.63, 3.8) is 0 Å². The number of fused-ring (bicyclic) bond motifs is 1. The van der Waals surface area contributed by atoms with Gasteiger partial charge in [0.25, 0.3) is 0 Å². The Balaban J connectivity index is 1.63. The molecule has 21 heavy (non-hydrogen) atoms. The highest BCUT2D eigenvalue weighted by molar-refractivity contribution is 8.02. The fraction of sp³-hybridized carbons (Fsp3) is 0.375. The first-order chi connectivity index (χ1) is 10.1.